The molecule has 1 heterocycles. The third kappa shape index (κ3) is 2.67. The fraction of sp³-hybridized carbons (Fsp3) is 0.250. The Morgan fingerprint density at radius 1 is 1.54 bits per heavy atom. The van der Waals surface area contributed by atoms with Crippen molar-refractivity contribution in [2.45, 2.75) is 13.5 Å². The third-order valence-electron chi connectivity index (χ3n) is 1.27. The lowest BCUT2D eigenvalue weighted by molar-refractivity contribution is -0.0499. The monoisotopic (exact) mass is 184 g/mol. The van der Waals surface area contributed by atoms with Crippen LogP contribution in [0.15, 0.2) is 12.1 Å². The minimum atomic E-state index is -2.88. The highest BCUT2D eigenvalue weighted by molar-refractivity contribution is 5.32. The van der Waals surface area contributed by atoms with Gasteiger partial charge in [0, 0.05) is 17.8 Å². The lowest BCUT2D eigenvalue weighted by atomic mass is 10.3. The Morgan fingerprint density at radius 3 is 2.77 bits per heavy atom. The maximum absolute atomic E-state index is 11.8. The van der Waals surface area contributed by atoms with Crippen molar-refractivity contribution in [1.29, 1.82) is 5.26 Å². The van der Waals surface area contributed by atoms with Gasteiger partial charge in [0.05, 0.1) is 0 Å². The molecule has 0 unspecified atom stereocenters. The summed E-state index contributed by atoms with van der Waals surface area (Å²) in [5.41, 5.74) is 0.533. The third-order valence-corrected chi connectivity index (χ3v) is 1.27. The topological polar surface area (TPSA) is 45.9 Å². The SMILES string of the molecule is Cc1cc(OC(F)F)cc(C#N)n1. The second-order valence-electron chi connectivity index (χ2n) is 2.32. The van der Waals surface area contributed by atoms with Gasteiger partial charge in [-0.3, -0.25) is 0 Å². The molecule has 1 rings (SSSR count). The Labute approximate surface area is 73.6 Å². The van der Waals surface area contributed by atoms with Gasteiger partial charge in [-0.25, -0.2) is 4.98 Å². The van der Waals surface area contributed by atoms with Crippen LogP contribution < -0.4 is 4.74 Å². The number of hydrogen-bond donors (Lipinski definition) is 0. The molecule has 68 valence electrons. The van der Waals surface area contributed by atoms with Gasteiger partial charge in [0.2, 0.25) is 0 Å². The summed E-state index contributed by atoms with van der Waals surface area (Å²) in [6, 6.07) is 4.25. The van der Waals surface area contributed by atoms with Gasteiger partial charge < -0.3 is 4.74 Å². The smallest absolute Gasteiger partial charge is 0.387 e. The van der Waals surface area contributed by atoms with Gasteiger partial charge in [0.15, 0.2) is 0 Å². The van der Waals surface area contributed by atoms with E-state index in [1.165, 1.54) is 12.1 Å². The second-order valence-corrected chi connectivity index (χ2v) is 2.32. The van der Waals surface area contributed by atoms with Crippen molar-refractivity contribution in [3.05, 3.63) is 23.5 Å². The molecule has 0 bridgehead atoms. The summed E-state index contributed by atoms with van der Waals surface area (Å²) >= 11 is 0. The molecule has 13 heavy (non-hydrogen) atoms. The predicted molar refractivity (Wildman–Crippen MR) is 40.3 cm³/mol. The second kappa shape index (κ2) is 3.81. The molecule has 0 radical (unpaired) electrons. The molecule has 0 aromatic carbocycles. The molecule has 0 aliphatic heterocycles. The van der Waals surface area contributed by atoms with Crippen LogP contribution in [-0.4, -0.2) is 11.6 Å². The van der Waals surface area contributed by atoms with Crippen molar-refractivity contribution in [2.24, 2.45) is 0 Å². The first kappa shape index (κ1) is 9.39. The first-order valence-electron chi connectivity index (χ1n) is 3.45. The number of alkyl halides is 2. The Kier molecular flexibility index (Phi) is 2.75. The van der Waals surface area contributed by atoms with Gasteiger partial charge >= 0.3 is 6.61 Å². The van der Waals surface area contributed by atoms with Gasteiger partial charge in [-0.1, -0.05) is 0 Å². The highest BCUT2D eigenvalue weighted by atomic mass is 19.3. The van der Waals surface area contributed by atoms with Crippen LogP contribution in [0, 0.1) is 18.3 Å². The Balaban J connectivity index is 2.96. The van der Waals surface area contributed by atoms with E-state index >= 15 is 0 Å². The Morgan fingerprint density at radius 2 is 2.23 bits per heavy atom. The summed E-state index contributed by atoms with van der Waals surface area (Å²) in [5, 5.41) is 8.47. The molecule has 0 N–H and O–H groups in total. The zero-order valence-electron chi connectivity index (χ0n) is 6.79. The molecule has 0 aliphatic rings. The van der Waals surface area contributed by atoms with Crippen LogP contribution in [0.25, 0.3) is 0 Å². The molecule has 0 saturated carbocycles. The number of halogens is 2. The van der Waals surface area contributed by atoms with Crippen molar-refractivity contribution in [3.63, 3.8) is 0 Å². The van der Waals surface area contributed by atoms with Gasteiger partial charge in [0.1, 0.15) is 17.5 Å². The maximum atomic E-state index is 11.8. The molecule has 0 saturated heterocycles. The minimum Gasteiger partial charge on any atom is -0.435 e. The van der Waals surface area contributed by atoms with Crippen molar-refractivity contribution < 1.29 is 13.5 Å². The molecule has 3 nitrogen and oxygen atoms in total. The summed E-state index contributed by atoms with van der Waals surface area (Å²) in [4.78, 5) is 3.77. The quantitative estimate of drug-likeness (QED) is 0.704. The van der Waals surface area contributed by atoms with Crippen molar-refractivity contribution in [3.8, 4) is 11.8 Å². The lowest BCUT2D eigenvalue weighted by Gasteiger charge is -2.04. The number of aromatic nitrogens is 1. The number of hydrogen-bond acceptors (Lipinski definition) is 3. The lowest BCUT2D eigenvalue weighted by Crippen LogP contribution is -2.03. The van der Waals surface area contributed by atoms with Crippen molar-refractivity contribution in [2.75, 3.05) is 0 Å². The van der Waals surface area contributed by atoms with E-state index in [0.29, 0.717) is 5.69 Å². The maximum Gasteiger partial charge on any atom is 0.387 e. The molecule has 0 aliphatic carbocycles. The number of rotatable bonds is 2. The van der Waals surface area contributed by atoms with Crippen LogP contribution in [0.1, 0.15) is 11.4 Å². The number of nitriles is 1. The van der Waals surface area contributed by atoms with E-state index < -0.39 is 6.61 Å². The van der Waals surface area contributed by atoms with E-state index in [9.17, 15) is 8.78 Å². The molecule has 0 spiro atoms. The molecule has 5 heteroatoms. The first-order valence-corrected chi connectivity index (χ1v) is 3.45. The van der Waals surface area contributed by atoms with E-state index in [1.54, 1.807) is 13.0 Å². The summed E-state index contributed by atoms with van der Waals surface area (Å²) in [5.74, 6) is -0.0425. The van der Waals surface area contributed by atoms with E-state index in [1.807, 2.05) is 0 Å². The molecule has 1 aromatic rings. The van der Waals surface area contributed by atoms with Crippen molar-refractivity contribution in [1.82, 2.24) is 4.98 Å². The number of aryl methyl sites for hydroxylation is 1. The molecule has 0 atom stereocenters. The average Bonchev–Trinajstić information content (AvgIpc) is 2.01. The van der Waals surface area contributed by atoms with Crippen molar-refractivity contribution >= 4 is 0 Å². The van der Waals surface area contributed by atoms with Crippen LogP contribution in [0.4, 0.5) is 8.78 Å². The van der Waals surface area contributed by atoms with Gasteiger partial charge in [-0.15, -0.1) is 0 Å². The van der Waals surface area contributed by atoms with Crippen LogP contribution in [0.2, 0.25) is 0 Å². The fourth-order valence-electron chi connectivity index (χ4n) is 0.865. The largest absolute Gasteiger partial charge is 0.435 e. The molecule has 0 fully saturated rings. The highest BCUT2D eigenvalue weighted by Crippen LogP contribution is 2.15. The summed E-state index contributed by atoms with van der Waals surface area (Å²) in [7, 11) is 0. The number of nitrogens with zero attached hydrogens (tertiary/aromatic N) is 2. The van der Waals surface area contributed by atoms with Crippen LogP contribution in [0.3, 0.4) is 0 Å². The zero-order chi connectivity index (χ0) is 9.84. The predicted octanol–water partition coefficient (Wildman–Crippen LogP) is 1.86. The van der Waals surface area contributed by atoms with E-state index in [4.69, 9.17) is 5.26 Å². The number of ether oxygens (including phenoxy) is 1. The van der Waals surface area contributed by atoms with E-state index in [2.05, 4.69) is 9.72 Å². The summed E-state index contributed by atoms with van der Waals surface area (Å²) in [6.07, 6.45) is 0. The van der Waals surface area contributed by atoms with E-state index in [-0.39, 0.29) is 11.4 Å². The van der Waals surface area contributed by atoms with Crippen LogP contribution in [0.5, 0.6) is 5.75 Å². The summed E-state index contributed by atoms with van der Waals surface area (Å²) in [6.45, 7) is -1.28. The fourth-order valence-corrected chi connectivity index (χ4v) is 0.865. The highest BCUT2D eigenvalue weighted by Gasteiger charge is 2.06. The van der Waals surface area contributed by atoms with Gasteiger partial charge in [-0.05, 0) is 6.92 Å². The average molecular weight is 184 g/mol. The van der Waals surface area contributed by atoms with Crippen LogP contribution >= 0.6 is 0 Å². The molecule has 1 aromatic heterocycles. The summed E-state index contributed by atoms with van der Waals surface area (Å²) < 4.78 is 27.6. The molecule has 0 amide bonds. The molecular formula is C8H6F2N2O. The standard InChI is InChI=1S/C8H6F2N2O/c1-5-2-7(13-8(9)10)3-6(4-11)12-5/h2-3,8H,1H3. The van der Waals surface area contributed by atoms with Gasteiger partial charge in [-0.2, -0.15) is 14.0 Å². The normalized spacial score (nSPS) is 9.77. The molecular weight excluding hydrogens is 178 g/mol. The van der Waals surface area contributed by atoms with E-state index in [0.717, 1.165) is 0 Å². The van der Waals surface area contributed by atoms with Crippen LogP contribution in [-0.2, 0) is 0 Å². The first-order chi connectivity index (χ1) is 6.11. The minimum absolute atomic E-state index is 0.0425. The zero-order valence-corrected chi connectivity index (χ0v) is 6.79. The Bertz CT molecular complexity index is 346. The van der Waals surface area contributed by atoms with Gasteiger partial charge in [0.25, 0.3) is 0 Å². The Hall–Kier alpha value is -1.70. The number of pyridine rings is 1.